The highest BCUT2D eigenvalue weighted by Gasteiger charge is 2.15. The van der Waals surface area contributed by atoms with Gasteiger partial charge in [-0.25, -0.2) is 4.39 Å². The van der Waals surface area contributed by atoms with Crippen LogP contribution in [0.4, 0.5) is 21.5 Å². The van der Waals surface area contributed by atoms with Crippen LogP contribution in [0, 0.1) is 17.1 Å². The predicted octanol–water partition coefficient (Wildman–Crippen LogP) is 6.02. The number of aromatic nitrogens is 1. The topological polar surface area (TPSA) is 99.5 Å². The van der Waals surface area contributed by atoms with Crippen LogP contribution >= 0.6 is 0 Å². The second kappa shape index (κ2) is 13.2. The number of amides is 1. The molecule has 4 aromatic rings. The van der Waals surface area contributed by atoms with Crippen LogP contribution in [-0.2, 0) is 11.4 Å². The van der Waals surface area contributed by atoms with Gasteiger partial charge in [-0.2, -0.15) is 5.26 Å². The predicted molar refractivity (Wildman–Crippen MR) is 154 cm³/mol. The van der Waals surface area contributed by atoms with E-state index in [1.165, 1.54) is 24.4 Å². The summed E-state index contributed by atoms with van der Waals surface area (Å²) in [6.45, 7) is 3.12. The van der Waals surface area contributed by atoms with E-state index in [1.54, 1.807) is 42.5 Å². The third kappa shape index (κ3) is 7.34. The maximum absolute atomic E-state index is 13.4. The van der Waals surface area contributed by atoms with Crippen molar-refractivity contribution in [2.24, 2.45) is 0 Å². The first-order valence-corrected chi connectivity index (χ1v) is 12.7. The van der Waals surface area contributed by atoms with Gasteiger partial charge in [-0.3, -0.25) is 9.78 Å². The van der Waals surface area contributed by atoms with Gasteiger partial charge in [0, 0.05) is 36.0 Å². The molecule has 0 aliphatic carbocycles. The first-order valence-electron chi connectivity index (χ1n) is 12.7. The smallest absolute Gasteiger partial charge is 0.248 e. The molecule has 9 heteroatoms. The lowest BCUT2D eigenvalue weighted by atomic mass is 10.1. The second-order valence-electron chi connectivity index (χ2n) is 9.18. The number of benzene rings is 3. The zero-order chi connectivity index (χ0) is 28.5. The van der Waals surface area contributed by atoms with Crippen molar-refractivity contribution in [1.82, 2.24) is 9.88 Å². The van der Waals surface area contributed by atoms with E-state index in [0.29, 0.717) is 58.2 Å². The highest BCUT2D eigenvalue weighted by atomic mass is 19.1. The summed E-state index contributed by atoms with van der Waals surface area (Å²) in [5, 5.41) is 16.6. The van der Waals surface area contributed by atoms with Gasteiger partial charge in [-0.15, -0.1) is 0 Å². The number of nitrogens with one attached hydrogen (secondary N) is 2. The molecule has 0 unspecified atom stereocenters. The minimum Gasteiger partial charge on any atom is -0.492 e. The summed E-state index contributed by atoms with van der Waals surface area (Å²) in [5.74, 6) is 0.487. The molecule has 0 aliphatic heterocycles. The molecule has 2 N–H and O–H groups in total. The zero-order valence-electron chi connectivity index (χ0n) is 22.6. The van der Waals surface area contributed by atoms with Gasteiger partial charge in [0.2, 0.25) is 5.91 Å². The Morgan fingerprint density at radius 2 is 1.93 bits per heavy atom. The van der Waals surface area contributed by atoms with Crippen LogP contribution in [0.15, 0.2) is 79.0 Å². The largest absolute Gasteiger partial charge is 0.492 e. The molecule has 1 heterocycles. The SMILES string of the molecule is CCOc1cc2ncc(C#N)c(Nc3ccc(OCc4cccc(F)c4)cc3)c2cc1NC(=O)C=CCN(C)C. The van der Waals surface area contributed by atoms with E-state index in [-0.39, 0.29) is 18.3 Å². The van der Waals surface area contributed by atoms with Crippen molar-refractivity contribution in [2.75, 3.05) is 37.9 Å². The molecular weight excluding hydrogens is 509 g/mol. The van der Waals surface area contributed by atoms with Gasteiger partial charge in [-0.05, 0) is 69.0 Å². The number of carbonyl (C=O) groups excluding carboxylic acids is 1. The first kappa shape index (κ1) is 28.1. The van der Waals surface area contributed by atoms with Crippen molar-refractivity contribution in [2.45, 2.75) is 13.5 Å². The minimum absolute atomic E-state index is 0.235. The number of hydrogen-bond donors (Lipinski definition) is 2. The molecular formula is C31H30FN5O3. The molecule has 40 heavy (non-hydrogen) atoms. The Kier molecular flexibility index (Phi) is 9.28. The van der Waals surface area contributed by atoms with Crippen LogP contribution in [0.25, 0.3) is 10.9 Å². The van der Waals surface area contributed by atoms with Gasteiger partial charge >= 0.3 is 0 Å². The van der Waals surface area contributed by atoms with Gasteiger partial charge in [0.1, 0.15) is 30.0 Å². The molecule has 204 valence electrons. The molecule has 0 radical (unpaired) electrons. The summed E-state index contributed by atoms with van der Waals surface area (Å²) >= 11 is 0. The van der Waals surface area contributed by atoms with Gasteiger partial charge < -0.3 is 25.0 Å². The van der Waals surface area contributed by atoms with E-state index >= 15 is 0 Å². The van der Waals surface area contributed by atoms with Gasteiger partial charge in [0.15, 0.2) is 0 Å². The van der Waals surface area contributed by atoms with E-state index in [0.717, 1.165) is 5.56 Å². The van der Waals surface area contributed by atoms with E-state index in [1.807, 2.05) is 38.1 Å². The van der Waals surface area contributed by atoms with Crippen LogP contribution in [-0.4, -0.2) is 43.0 Å². The number of ether oxygens (including phenoxy) is 2. The van der Waals surface area contributed by atoms with Crippen LogP contribution < -0.4 is 20.1 Å². The molecule has 3 aromatic carbocycles. The van der Waals surface area contributed by atoms with Crippen LogP contribution in [0.5, 0.6) is 11.5 Å². The molecule has 0 bridgehead atoms. The van der Waals surface area contributed by atoms with Crippen LogP contribution in [0.1, 0.15) is 18.1 Å². The maximum Gasteiger partial charge on any atom is 0.248 e. The van der Waals surface area contributed by atoms with Crippen LogP contribution in [0.3, 0.4) is 0 Å². The number of rotatable bonds is 11. The Labute approximate surface area is 232 Å². The normalized spacial score (nSPS) is 11.0. The molecule has 0 aliphatic rings. The van der Waals surface area contributed by atoms with Crippen LogP contribution in [0.2, 0.25) is 0 Å². The van der Waals surface area contributed by atoms with Crippen molar-refractivity contribution in [3.05, 3.63) is 96.0 Å². The number of halogens is 1. The van der Waals surface area contributed by atoms with E-state index in [9.17, 15) is 14.4 Å². The Hall–Kier alpha value is -4.94. The summed E-state index contributed by atoms with van der Waals surface area (Å²) in [6.07, 6.45) is 4.74. The molecule has 4 rings (SSSR count). The third-order valence-electron chi connectivity index (χ3n) is 5.81. The molecule has 1 amide bonds. The highest BCUT2D eigenvalue weighted by Crippen LogP contribution is 2.36. The standard InChI is InChI=1S/C31H30FN5O3/c1-4-39-29-17-27-26(16-28(29)36-30(38)9-6-14-37(2)3)31(22(18-33)19-34-27)35-24-10-12-25(13-11-24)40-20-21-7-5-8-23(32)15-21/h5-13,15-17,19H,4,14,20H2,1-3H3,(H,34,35)(H,36,38). The number of carbonyl (C=O) groups is 1. The average molecular weight is 540 g/mol. The maximum atomic E-state index is 13.4. The summed E-state index contributed by atoms with van der Waals surface area (Å²) < 4.78 is 25.0. The van der Waals surface area contributed by atoms with Crippen molar-refractivity contribution in [3.8, 4) is 17.6 Å². The molecule has 0 atom stereocenters. The summed E-state index contributed by atoms with van der Waals surface area (Å²) in [4.78, 5) is 19.0. The van der Waals surface area contributed by atoms with Gasteiger partial charge in [0.25, 0.3) is 0 Å². The number of nitrogens with zero attached hydrogens (tertiary/aromatic N) is 3. The van der Waals surface area contributed by atoms with E-state index in [4.69, 9.17) is 9.47 Å². The fourth-order valence-electron chi connectivity index (χ4n) is 3.93. The molecule has 0 saturated carbocycles. The van der Waals surface area contributed by atoms with Gasteiger partial charge in [-0.1, -0.05) is 18.2 Å². The number of likely N-dealkylation sites (N-methyl/N-ethyl adjacent to an activating group) is 1. The number of nitriles is 1. The molecule has 0 saturated heterocycles. The minimum atomic E-state index is -0.310. The fraction of sp³-hybridized carbons (Fsp3) is 0.194. The molecule has 1 aromatic heterocycles. The molecule has 0 spiro atoms. The molecule has 8 nitrogen and oxygen atoms in total. The Balaban J connectivity index is 1.60. The van der Waals surface area contributed by atoms with Crippen molar-refractivity contribution in [1.29, 1.82) is 5.26 Å². The zero-order valence-corrected chi connectivity index (χ0v) is 22.6. The Morgan fingerprint density at radius 1 is 1.12 bits per heavy atom. The number of anilines is 3. The number of fused-ring (bicyclic) bond motifs is 1. The Morgan fingerprint density at radius 3 is 2.62 bits per heavy atom. The Bertz CT molecular complexity index is 1560. The highest BCUT2D eigenvalue weighted by molar-refractivity contribution is 6.04. The van der Waals surface area contributed by atoms with Crippen molar-refractivity contribution >= 4 is 33.9 Å². The monoisotopic (exact) mass is 539 g/mol. The second-order valence-corrected chi connectivity index (χ2v) is 9.18. The van der Waals surface area contributed by atoms with E-state index < -0.39 is 0 Å². The van der Waals surface area contributed by atoms with Crippen molar-refractivity contribution in [3.63, 3.8) is 0 Å². The summed E-state index contributed by atoms with van der Waals surface area (Å²) in [7, 11) is 3.83. The first-order chi connectivity index (χ1) is 19.4. The quantitative estimate of drug-likeness (QED) is 0.225. The third-order valence-corrected chi connectivity index (χ3v) is 5.81. The average Bonchev–Trinajstić information content (AvgIpc) is 2.93. The number of hydrogen-bond acceptors (Lipinski definition) is 7. The fourth-order valence-corrected chi connectivity index (χ4v) is 3.93. The lowest BCUT2D eigenvalue weighted by molar-refractivity contribution is -0.111. The molecule has 0 fully saturated rings. The summed E-state index contributed by atoms with van der Waals surface area (Å²) in [6, 6.07) is 19.2. The van der Waals surface area contributed by atoms with Gasteiger partial charge in [0.05, 0.1) is 29.1 Å². The van der Waals surface area contributed by atoms with E-state index in [2.05, 4.69) is 21.7 Å². The number of pyridine rings is 1. The lowest BCUT2D eigenvalue weighted by Gasteiger charge is -2.16. The van der Waals surface area contributed by atoms with Crippen molar-refractivity contribution < 1.29 is 18.7 Å². The summed E-state index contributed by atoms with van der Waals surface area (Å²) in [5.41, 5.74) is 3.39. The lowest BCUT2D eigenvalue weighted by Crippen LogP contribution is -2.13.